The molecule has 0 radical (unpaired) electrons. The molecule has 8 aromatic carbocycles. The standard InChI is InChI=1S/4C18H22N2O3S.4CH4/c1-5-18(21)20(4)16-10-6-14(7-11-16)15-8-12-17(13-9-15)24(22,23)19(2)3;1-5-18(21)20(4)16-10-6-8-14(12-16)15-9-7-11-17(13-15)24(22,23)19(2)3;1-5-18(21)20(4)16-11-9-14(10-12-16)15-7-6-8-17(13-15)24(22,23)19(2)3;1-5-18(21)20(4)16-8-6-7-15(13-16)14-9-11-17(12-10-14)24(22,23)19(2)3;;;;/h4*6-13H,5H2,1-4H3;4*1H4. The van der Waals surface area contributed by atoms with Gasteiger partial charge in [-0.25, -0.2) is 50.9 Å². The van der Waals surface area contributed by atoms with Crippen LogP contribution < -0.4 is 19.6 Å². The van der Waals surface area contributed by atoms with E-state index in [4.69, 9.17) is 0 Å². The van der Waals surface area contributed by atoms with Gasteiger partial charge in [0.25, 0.3) is 0 Å². The molecule has 100 heavy (non-hydrogen) atoms. The highest BCUT2D eigenvalue weighted by Crippen LogP contribution is 2.31. The van der Waals surface area contributed by atoms with Crippen LogP contribution in [0, 0.1) is 0 Å². The molecule has 0 bridgehead atoms. The number of sulfonamides is 4. The fourth-order valence-corrected chi connectivity index (χ4v) is 12.9. The number of hydrogen-bond donors (Lipinski definition) is 0. The number of carbonyl (C=O) groups excluding carboxylic acids is 4. The van der Waals surface area contributed by atoms with Crippen molar-refractivity contribution in [2.45, 2.75) is 103 Å². The fourth-order valence-electron chi connectivity index (χ4n) is 9.22. The molecule has 0 spiro atoms. The van der Waals surface area contributed by atoms with Gasteiger partial charge in [-0.05, 0) is 142 Å². The maximum atomic E-state index is 12.3. The number of hydrogen-bond acceptors (Lipinski definition) is 12. The third-order valence-corrected chi connectivity index (χ3v) is 22.8. The molecule has 0 aromatic heterocycles. The van der Waals surface area contributed by atoms with Crippen LogP contribution in [0.1, 0.15) is 83.1 Å². The minimum Gasteiger partial charge on any atom is -0.316 e. The van der Waals surface area contributed by atoms with Gasteiger partial charge in [-0.15, -0.1) is 0 Å². The van der Waals surface area contributed by atoms with Crippen LogP contribution in [0.4, 0.5) is 22.7 Å². The van der Waals surface area contributed by atoms with Gasteiger partial charge in [0.1, 0.15) is 0 Å². The monoisotopic (exact) mass is 1450 g/mol. The Bertz CT molecular complexity index is 4460. The van der Waals surface area contributed by atoms with E-state index < -0.39 is 40.1 Å². The van der Waals surface area contributed by atoms with Gasteiger partial charge < -0.3 is 19.6 Å². The Kier molecular flexibility index (Phi) is 35.1. The van der Waals surface area contributed by atoms with Gasteiger partial charge in [-0.2, -0.15) is 0 Å². The second kappa shape index (κ2) is 39.3. The molecule has 0 saturated carbocycles. The Labute approximate surface area is 598 Å². The first-order valence-electron chi connectivity index (χ1n) is 30.7. The van der Waals surface area contributed by atoms with Gasteiger partial charge in [0.2, 0.25) is 63.7 Å². The molecule has 0 atom stereocenters. The second-order valence-electron chi connectivity index (χ2n) is 22.7. The van der Waals surface area contributed by atoms with Gasteiger partial charge in [0.15, 0.2) is 0 Å². The topological polar surface area (TPSA) is 231 Å². The summed E-state index contributed by atoms with van der Waals surface area (Å²) in [4.78, 5) is 54.6. The van der Waals surface area contributed by atoms with Crippen LogP contribution in [0.15, 0.2) is 214 Å². The number of anilines is 4. The molecule has 0 aliphatic heterocycles. The van der Waals surface area contributed by atoms with Crippen molar-refractivity contribution in [3.8, 4) is 44.5 Å². The molecule has 0 heterocycles. The normalized spacial score (nSPS) is 11.1. The number of amides is 4. The summed E-state index contributed by atoms with van der Waals surface area (Å²) in [5.41, 5.74) is 10.3. The third-order valence-electron chi connectivity index (χ3n) is 15.5. The lowest BCUT2D eigenvalue weighted by Crippen LogP contribution is -2.24. The Balaban J connectivity index is 0.000000658. The highest BCUT2D eigenvalue weighted by molar-refractivity contribution is 7.90. The van der Waals surface area contributed by atoms with E-state index in [1.165, 1.54) is 73.6 Å². The molecule has 0 aliphatic carbocycles. The lowest BCUT2D eigenvalue weighted by Gasteiger charge is -2.17. The average molecular weight is 1450 g/mol. The maximum Gasteiger partial charge on any atom is 0.242 e. The summed E-state index contributed by atoms with van der Waals surface area (Å²) >= 11 is 0. The van der Waals surface area contributed by atoms with Crippen molar-refractivity contribution < 1.29 is 52.8 Å². The van der Waals surface area contributed by atoms with Crippen LogP contribution in [-0.4, -0.2) is 159 Å². The molecular formula is C76H104N8O12S4. The highest BCUT2D eigenvalue weighted by atomic mass is 32.2. The average Bonchev–Trinajstić information content (AvgIpc) is 0.823. The molecule has 0 unspecified atom stereocenters. The van der Waals surface area contributed by atoms with E-state index in [1.807, 2.05) is 137 Å². The molecule has 8 aromatic rings. The van der Waals surface area contributed by atoms with E-state index in [1.54, 1.807) is 133 Å². The number of benzene rings is 8. The lowest BCUT2D eigenvalue weighted by atomic mass is 10.0. The third kappa shape index (κ3) is 22.6. The fraction of sp³-hybridized carbons (Fsp3) is 0.316. The first-order valence-corrected chi connectivity index (χ1v) is 36.4. The smallest absolute Gasteiger partial charge is 0.242 e. The van der Waals surface area contributed by atoms with Gasteiger partial charge in [-0.3, -0.25) is 19.2 Å². The van der Waals surface area contributed by atoms with Crippen molar-refractivity contribution in [1.82, 2.24) is 17.2 Å². The molecule has 0 N–H and O–H groups in total. The Hall–Kier alpha value is -8.72. The van der Waals surface area contributed by atoms with Gasteiger partial charge in [0, 0.05) is 133 Å². The molecule has 0 fully saturated rings. The van der Waals surface area contributed by atoms with Crippen molar-refractivity contribution in [1.29, 1.82) is 0 Å². The first-order chi connectivity index (χ1) is 45.1. The minimum absolute atomic E-state index is 0. The highest BCUT2D eigenvalue weighted by Gasteiger charge is 2.22. The van der Waals surface area contributed by atoms with E-state index in [0.717, 1.165) is 67.3 Å². The molecule has 20 nitrogen and oxygen atoms in total. The Morgan fingerprint density at radius 1 is 0.240 bits per heavy atom. The van der Waals surface area contributed by atoms with Crippen LogP contribution in [-0.2, 0) is 59.3 Å². The zero-order chi connectivity index (χ0) is 71.6. The summed E-state index contributed by atoms with van der Waals surface area (Å²) in [5.74, 6) is 0.165. The summed E-state index contributed by atoms with van der Waals surface area (Å²) in [6.45, 7) is 7.30. The Morgan fingerprint density at radius 2 is 0.440 bits per heavy atom. The SMILES string of the molecule is C.C.C.C.CCC(=O)N(C)c1ccc(-c2ccc(S(=O)(=O)N(C)C)cc2)cc1.CCC(=O)N(C)c1ccc(-c2cccc(S(=O)(=O)N(C)C)c2)cc1.CCC(=O)N(C)c1cccc(-c2ccc(S(=O)(=O)N(C)C)cc2)c1.CCC(=O)N(C)c1cccc(-c2cccc(S(=O)(=O)N(C)C)c2)c1. The van der Waals surface area contributed by atoms with Gasteiger partial charge >= 0.3 is 0 Å². The quantitative estimate of drug-likeness (QED) is 0.0693. The van der Waals surface area contributed by atoms with Crippen LogP contribution in [0.5, 0.6) is 0 Å². The molecule has 24 heteroatoms. The summed E-state index contributed by atoms with van der Waals surface area (Å²) < 4.78 is 102. The van der Waals surface area contributed by atoms with Crippen molar-refractivity contribution >= 4 is 86.5 Å². The summed E-state index contributed by atoms with van der Waals surface area (Å²) in [6.07, 6.45) is 1.78. The lowest BCUT2D eigenvalue weighted by molar-refractivity contribution is -0.118. The summed E-state index contributed by atoms with van der Waals surface area (Å²) in [7, 11) is 5.25. The second-order valence-corrected chi connectivity index (χ2v) is 31.3. The van der Waals surface area contributed by atoms with Crippen molar-refractivity contribution in [2.24, 2.45) is 0 Å². The van der Waals surface area contributed by atoms with Crippen LogP contribution >= 0.6 is 0 Å². The van der Waals surface area contributed by atoms with Crippen LogP contribution in [0.2, 0.25) is 0 Å². The number of rotatable bonds is 20. The molecule has 0 saturated heterocycles. The molecule has 8 rings (SSSR count). The van der Waals surface area contributed by atoms with Crippen molar-refractivity contribution in [2.75, 3.05) is 104 Å². The van der Waals surface area contributed by atoms with Gasteiger partial charge in [0.05, 0.1) is 19.6 Å². The molecule has 4 amide bonds. The number of nitrogens with zero attached hydrogens (tertiary/aromatic N) is 8. The largest absolute Gasteiger partial charge is 0.316 e. The predicted molar refractivity (Wildman–Crippen MR) is 413 cm³/mol. The number of carbonyl (C=O) groups is 4. The molecular weight excluding hydrogens is 1350 g/mol. The van der Waals surface area contributed by atoms with E-state index in [-0.39, 0.29) is 72.9 Å². The van der Waals surface area contributed by atoms with Crippen molar-refractivity contribution in [3.05, 3.63) is 194 Å². The predicted octanol–water partition coefficient (Wildman–Crippen LogP) is 14.5. The summed E-state index contributed by atoms with van der Waals surface area (Å²) in [5, 5.41) is 0. The zero-order valence-electron chi connectivity index (χ0n) is 57.4. The maximum absolute atomic E-state index is 12.3. The summed E-state index contributed by atoms with van der Waals surface area (Å²) in [6, 6.07) is 57.4. The zero-order valence-corrected chi connectivity index (χ0v) is 60.7. The van der Waals surface area contributed by atoms with Crippen molar-refractivity contribution in [3.63, 3.8) is 0 Å². The van der Waals surface area contributed by atoms with E-state index in [2.05, 4.69) is 0 Å². The first kappa shape index (κ1) is 89.3. The van der Waals surface area contributed by atoms with E-state index >= 15 is 0 Å². The molecule has 0 aliphatic rings. The van der Waals surface area contributed by atoms with E-state index in [9.17, 15) is 52.8 Å². The van der Waals surface area contributed by atoms with Crippen LogP contribution in [0.25, 0.3) is 44.5 Å². The Morgan fingerprint density at radius 3 is 0.700 bits per heavy atom. The van der Waals surface area contributed by atoms with Crippen LogP contribution in [0.3, 0.4) is 0 Å². The van der Waals surface area contributed by atoms with E-state index in [0.29, 0.717) is 25.7 Å². The minimum atomic E-state index is -3.48. The van der Waals surface area contributed by atoms with Gasteiger partial charge in [-0.1, -0.05) is 154 Å². The molecule has 544 valence electrons.